The molecule has 0 spiro atoms. The van der Waals surface area contributed by atoms with Gasteiger partial charge in [0.2, 0.25) is 0 Å². The van der Waals surface area contributed by atoms with E-state index in [2.05, 4.69) is 24.0 Å². The highest BCUT2D eigenvalue weighted by atomic mass is 19.1. The van der Waals surface area contributed by atoms with Crippen LogP contribution in [0.3, 0.4) is 0 Å². The van der Waals surface area contributed by atoms with Gasteiger partial charge in [0.15, 0.2) is 0 Å². The fourth-order valence-corrected chi connectivity index (χ4v) is 2.32. The number of hydrogen-bond donors (Lipinski definition) is 0. The van der Waals surface area contributed by atoms with Crippen LogP contribution in [0.1, 0.15) is 29.2 Å². The first kappa shape index (κ1) is 16.2. The summed E-state index contributed by atoms with van der Waals surface area (Å²) in [6, 6.07) is 11.1. The minimum absolute atomic E-state index is 0.154. The van der Waals surface area contributed by atoms with Crippen LogP contribution in [0.5, 0.6) is 0 Å². The summed E-state index contributed by atoms with van der Waals surface area (Å²) < 4.78 is 13.9. The summed E-state index contributed by atoms with van der Waals surface area (Å²) in [6.45, 7) is 7.09. The first-order chi connectivity index (χ1) is 10.5. The molecule has 0 unspecified atom stereocenters. The molecule has 0 bridgehead atoms. The van der Waals surface area contributed by atoms with Gasteiger partial charge in [0.1, 0.15) is 5.82 Å². The Morgan fingerprint density at radius 1 is 1.14 bits per heavy atom. The zero-order chi connectivity index (χ0) is 16.1. The highest BCUT2D eigenvalue weighted by molar-refractivity contribution is 5.64. The van der Waals surface area contributed by atoms with Crippen LogP contribution in [0.25, 0.3) is 0 Å². The fourth-order valence-electron chi connectivity index (χ4n) is 2.32. The van der Waals surface area contributed by atoms with Gasteiger partial charge in [-0.25, -0.2) is 9.38 Å². The lowest BCUT2D eigenvalue weighted by molar-refractivity contribution is 0.552. The molecule has 0 N–H and O–H groups in total. The zero-order valence-corrected chi connectivity index (χ0v) is 13.7. The molecule has 0 aromatic heterocycles. The first-order valence-corrected chi connectivity index (χ1v) is 7.59. The predicted molar refractivity (Wildman–Crippen MR) is 91.6 cm³/mol. The summed E-state index contributed by atoms with van der Waals surface area (Å²) in [5, 5.41) is 0. The third-order valence-corrected chi connectivity index (χ3v) is 3.86. The molecule has 0 aliphatic carbocycles. The monoisotopic (exact) mass is 298 g/mol. The van der Waals surface area contributed by atoms with E-state index >= 15 is 0 Å². The SMILES string of the molecule is CCN(C)C=Nc1cc(C)cc(Cc2ccccc2F)c1C. The van der Waals surface area contributed by atoms with Gasteiger partial charge in [-0.3, -0.25) is 0 Å². The second-order valence-electron chi connectivity index (χ2n) is 5.65. The third-order valence-electron chi connectivity index (χ3n) is 3.86. The van der Waals surface area contributed by atoms with E-state index in [-0.39, 0.29) is 5.82 Å². The molecule has 3 heteroatoms. The number of hydrogen-bond acceptors (Lipinski definition) is 1. The van der Waals surface area contributed by atoms with Gasteiger partial charge >= 0.3 is 0 Å². The van der Waals surface area contributed by atoms with Crippen LogP contribution in [0.15, 0.2) is 41.4 Å². The van der Waals surface area contributed by atoms with E-state index in [1.54, 1.807) is 6.07 Å². The van der Waals surface area contributed by atoms with E-state index in [0.29, 0.717) is 6.42 Å². The number of halogens is 1. The molecule has 0 amide bonds. The van der Waals surface area contributed by atoms with Crippen LogP contribution in [0.4, 0.5) is 10.1 Å². The Hall–Kier alpha value is -2.16. The second kappa shape index (κ2) is 7.21. The largest absolute Gasteiger partial charge is 0.366 e. The van der Waals surface area contributed by atoms with E-state index in [1.807, 2.05) is 44.3 Å². The molecule has 0 saturated heterocycles. The van der Waals surface area contributed by atoms with Crippen molar-refractivity contribution in [1.29, 1.82) is 0 Å². The standard InChI is InChI=1S/C19H23FN2/c1-5-22(4)13-21-19-11-14(2)10-17(15(19)3)12-16-8-6-7-9-18(16)20/h6-11,13H,5,12H2,1-4H3. The van der Waals surface area contributed by atoms with Gasteiger partial charge in [0.25, 0.3) is 0 Å². The molecule has 116 valence electrons. The Labute approximate surface area is 132 Å². The lowest BCUT2D eigenvalue weighted by Crippen LogP contribution is -2.14. The van der Waals surface area contributed by atoms with Crippen molar-refractivity contribution in [3.05, 3.63) is 64.5 Å². The molecule has 22 heavy (non-hydrogen) atoms. The van der Waals surface area contributed by atoms with Crippen molar-refractivity contribution in [2.24, 2.45) is 4.99 Å². The van der Waals surface area contributed by atoms with Crippen molar-refractivity contribution < 1.29 is 4.39 Å². The molecule has 0 radical (unpaired) electrons. The van der Waals surface area contributed by atoms with E-state index < -0.39 is 0 Å². The van der Waals surface area contributed by atoms with Crippen molar-refractivity contribution >= 4 is 12.0 Å². The van der Waals surface area contributed by atoms with Crippen molar-refractivity contribution in [3.63, 3.8) is 0 Å². The molecule has 0 fully saturated rings. The van der Waals surface area contributed by atoms with E-state index in [4.69, 9.17) is 0 Å². The summed E-state index contributed by atoms with van der Waals surface area (Å²) in [6.07, 6.45) is 2.43. The maximum absolute atomic E-state index is 13.9. The molecule has 2 rings (SSSR count). The third kappa shape index (κ3) is 3.94. The predicted octanol–water partition coefficient (Wildman–Crippen LogP) is 4.64. The molecule has 0 atom stereocenters. The van der Waals surface area contributed by atoms with Crippen molar-refractivity contribution in [1.82, 2.24) is 4.90 Å². The summed E-state index contributed by atoms with van der Waals surface area (Å²) in [5.41, 5.74) is 5.04. The Bertz CT molecular complexity index is 677. The van der Waals surface area contributed by atoms with Gasteiger partial charge in [-0.15, -0.1) is 0 Å². The smallest absolute Gasteiger partial charge is 0.126 e. The van der Waals surface area contributed by atoms with Crippen LogP contribution in [-0.2, 0) is 6.42 Å². The van der Waals surface area contributed by atoms with E-state index in [1.165, 1.54) is 6.07 Å². The van der Waals surface area contributed by atoms with Gasteiger partial charge in [-0.1, -0.05) is 24.3 Å². The van der Waals surface area contributed by atoms with Crippen LogP contribution in [0.2, 0.25) is 0 Å². The van der Waals surface area contributed by atoms with Crippen LogP contribution >= 0.6 is 0 Å². The second-order valence-corrected chi connectivity index (χ2v) is 5.65. The normalized spacial score (nSPS) is 11.1. The zero-order valence-electron chi connectivity index (χ0n) is 13.7. The number of aryl methyl sites for hydroxylation is 1. The Morgan fingerprint density at radius 3 is 2.55 bits per heavy atom. The maximum Gasteiger partial charge on any atom is 0.126 e. The van der Waals surface area contributed by atoms with Gasteiger partial charge in [-0.05, 0) is 55.2 Å². The number of rotatable bonds is 5. The number of benzene rings is 2. The maximum atomic E-state index is 13.9. The minimum atomic E-state index is -0.154. The molecular weight excluding hydrogens is 275 g/mol. The molecule has 0 saturated carbocycles. The highest BCUT2D eigenvalue weighted by Crippen LogP contribution is 2.26. The highest BCUT2D eigenvalue weighted by Gasteiger charge is 2.08. The van der Waals surface area contributed by atoms with Gasteiger partial charge in [-0.2, -0.15) is 0 Å². The van der Waals surface area contributed by atoms with E-state index in [0.717, 1.165) is 34.5 Å². The van der Waals surface area contributed by atoms with Crippen molar-refractivity contribution in [3.8, 4) is 0 Å². The lowest BCUT2D eigenvalue weighted by Gasteiger charge is -2.13. The van der Waals surface area contributed by atoms with Crippen molar-refractivity contribution in [2.45, 2.75) is 27.2 Å². The average Bonchev–Trinajstić information content (AvgIpc) is 2.50. The van der Waals surface area contributed by atoms with Gasteiger partial charge in [0.05, 0.1) is 12.0 Å². The first-order valence-electron chi connectivity index (χ1n) is 7.59. The molecular formula is C19H23FN2. The number of aliphatic imine (C=N–C) groups is 1. The van der Waals surface area contributed by atoms with Gasteiger partial charge < -0.3 is 4.90 Å². The minimum Gasteiger partial charge on any atom is -0.366 e. The number of nitrogens with zero attached hydrogens (tertiary/aromatic N) is 2. The Morgan fingerprint density at radius 2 is 1.86 bits per heavy atom. The molecule has 0 heterocycles. The van der Waals surface area contributed by atoms with Gasteiger partial charge in [0, 0.05) is 20.0 Å². The molecule has 2 aromatic carbocycles. The average molecular weight is 298 g/mol. The summed E-state index contributed by atoms with van der Waals surface area (Å²) in [5.74, 6) is -0.154. The fraction of sp³-hybridized carbons (Fsp3) is 0.316. The Balaban J connectivity index is 2.35. The molecule has 2 aromatic rings. The quantitative estimate of drug-likeness (QED) is 0.580. The topological polar surface area (TPSA) is 15.6 Å². The lowest BCUT2D eigenvalue weighted by atomic mass is 9.97. The summed E-state index contributed by atoms with van der Waals surface area (Å²) >= 11 is 0. The molecule has 0 aliphatic rings. The molecule has 0 aliphatic heterocycles. The van der Waals surface area contributed by atoms with Crippen LogP contribution in [0, 0.1) is 19.7 Å². The Kier molecular flexibility index (Phi) is 5.31. The molecule has 2 nitrogen and oxygen atoms in total. The van der Waals surface area contributed by atoms with Crippen LogP contribution in [-0.4, -0.2) is 24.8 Å². The van der Waals surface area contributed by atoms with E-state index in [9.17, 15) is 4.39 Å². The summed E-state index contributed by atoms with van der Waals surface area (Å²) in [7, 11) is 1.99. The van der Waals surface area contributed by atoms with Crippen LogP contribution < -0.4 is 0 Å². The summed E-state index contributed by atoms with van der Waals surface area (Å²) in [4.78, 5) is 6.60. The van der Waals surface area contributed by atoms with Crippen molar-refractivity contribution in [2.75, 3.05) is 13.6 Å².